The van der Waals surface area contributed by atoms with Crippen LogP contribution < -0.4 is 9.62 Å². The summed E-state index contributed by atoms with van der Waals surface area (Å²) < 4.78 is 27.0. The minimum atomic E-state index is -3.79. The Kier molecular flexibility index (Phi) is 9.69. The predicted octanol–water partition coefficient (Wildman–Crippen LogP) is 4.15. The molecule has 0 fully saturated rings. The van der Waals surface area contributed by atoms with Gasteiger partial charge in [-0.05, 0) is 56.0 Å². The van der Waals surface area contributed by atoms with Crippen LogP contribution in [-0.2, 0) is 32.6 Å². The fraction of sp³-hybridized carbons (Fsp3) is 0.333. The Balaban J connectivity index is 2.06. The van der Waals surface area contributed by atoms with Crippen molar-refractivity contribution in [2.45, 2.75) is 46.7 Å². The van der Waals surface area contributed by atoms with Gasteiger partial charge in [0, 0.05) is 19.5 Å². The molecule has 8 heteroatoms. The lowest BCUT2D eigenvalue weighted by atomic mass is 10.0. The van der Waals surface area contributed by atoms with E-state index >= 15 is 0 Å². The van der Waals surface area contributed by atoms with Crippen LogP contribution in [0.15, 0.2) is 72.8 Å². The Labute approximate surface area is 226 Å². The zero-order chi connectivity index (χ0) is 27.9. The fourth-order valence-electron chi connectivity index (χ4n) is 4.34. The summed E-state index contributed by atoms with van der Waals surface area (Å²) in [7, 11) is -3.79. The van der Waals surface area contributed by atoms with E-state index in [2.05, 4.69) is 5.32 Å². The van der Waals surface area contributed by atoms with Crippen molar-refractivity contribution in [2.75, 3.05) is 23.7 Å². The summed E-state index contributed by atoms with van der Waals surface area (Å²) in [6, 6.07) is 21.8. The number of amides is 2. The van der Waals surface area contributed by atoms with Gasteiger partial charge in [0.05, 0.1) is 11.9 Å². The quantitative estimate of drug-likeness (QED) is 0.400. The third-order valence-electron chi connectivity index (χ3n) is 6.62. The Bertz CT molecular complexity index is 1360. The van der Waals surface area contributed by atoms with E-state index in [1.54, 1.807) is 12.1 Å². The molecule has 0 aliphatic carbocycles. The van der Waals surface area contributed by atoms with E-state index in [1.165, 1.54) is 4.90 Å². The van der Waals surface area contributed by atoms with Gasteiger partial charge < -0.3 is 10.2 Å². The van der Waals surface area contributed by atoms with Crippen molar-refractivity contribution in [1.29, 1.82) is 0 Å². The van der Waals surface area contributed by atoms with Gasteiger partial charge in [0.15, 0.2) is 0 Å². The van der Waals surface area contributed by atoms with Crippen LogP contribution in [0.1, 0.15) is 34.7 Å². The Morgan fingerprint density at radius 3 is 2.13 bits per heavy atom. The molecule has 2 amide bonds. The second-order valence-electron chi connectivity index (χ2n) is 9.60. The molecule has 0 heterocycles. The maximum Gasteiger partial charge on any atom is 0.244 e. The normalized spacial score (nSPS) is 12.0. The van der Waals surface area contributed by atoms with Crippen molar-refractivity contribution in [3.05, 3.63) is 101 Å². The maximum absolute atomic E-state index is 14.0. The van der Waals surface area contributed by atoms with Crippen molar-refractivity contribution in [2.24, 2.45) is 0 Å². The summed E-state index contributed by atoms with van der Waals surface area (Å²) >= 11 is 0. The Hall–Kier alpha value is -3.65. The van der Waals surface area contributed by atoms with Crippen molar-refractivity contribution < 1.29 is 18.0 Å². The van der Waals surface area contributed by atoms with Crippen LogP contribution in [0.2, 0.25) is 0 Å². The summed E-state index contributed by atoms with van der Waals surface area (Å²) in [5.74, 6) is -0.737. The second kappa shape index (κ2) is 12.7. The molecule has 0 aliphatic heterocycles. The largest absolute Gasteiger partial charge is 0.355 e. The highest BCUT2D eigenvalue weighted by Crippen LogP contribution is 2.26. The number of benzene rings is 3. The number of carbonyl (C=O) groups is 2. The van der Waals surface area contributed by atoms with Crippen LogP contribution in [0, 0.1) is 20.8 Å². The van der Waals surface area contributed by atoms with E-state index in [0.717, 1.165) is 38.4 Å². The van der Waals surface area contributed by atoms with Gasteiger partial charge in [0.25, 0.3) is 0 Å². The first-order chi connectivity index (χ1) is 18.0. The molecule has 1 N–H and O–H groups in total. The minimum Gasteiger partial charge on any atom is -0.355 e. The topological polar surface area (TPSA) is 86.8 Å². The van der Waals surface area contributed by atoms with Crippen LogP contribution in [0.3, 0.4) is 0 Å². The summed E-state index contributed by atoms with van der Waals surface area (Å²) in [4.78, 5) is 28.9. The SMILES string of the molecule is CCNC(=O)C(Cc1ccccc1)N(Cc1ccc(C)cc1)C(=O)CN(c1cccc(C)c1C)S(C)(=O)=O. The fourth-order valence-corrected chi connectivity index (χ4v) is 5.24. The number of nitrogens with zero attached hydrogens (tertiary/aromatic N) is 2. The van der Waals surface area contributed by atoms with Gasteiger partial charge in [-0.15, -0.1) is 0 Å². The highest BCUT2D eigenvalue weighted by molar-refractivity contribution is 7.92. The predicted molar refractivity (Wildman–Crippen MR) is 152 cm³/mol. The van der Waals surface area contributed by atoms with E-state index < -0.39 is 28.5 Å². The highest BCUT2D eigenvalue weighted by Gasteiger charge is 2.33. The zero-order valence-electron chi connectivity index (χ0n) is 22.8. The first kappa shape index (κ1) is 28.9. The van der Waals surface area contributed by atoms with Crippen LogP contribution in [-0.4, -0.2) is 50.5 Å². The number of hydrogen-bond acceptors (Lipinski definition) is 4. The molecule has 202 valence electrons. The third kappa shape index (κ3) is 7.44. The molecule has 3 rings (SSSR count). The second-order valence-corrected chi connectivity index (χ2v) is 11.5. The monoisotopic (exact) mass is 535 g/mol. The number of hydrogen-bond donors (Lipinski definition) is 1. The lowest BCUT2D eigenvalue weighted by Crippen LogP contribution is -2.53. The number of anilines is 1. The Morgan fingerprint density at radius 2 is 1.53 bits per heavy atom. The molecule has 0 spiro atoms. The molecular weight excluding hydrogens is 498 g/mol. The molecular formula is C30H37N3O4S. The van der Waals surface area contributed by atoms with Gasteiger partial charge in [-0.1, -0.05) is 72.3 Å². The van der Waals surface area contributed by atoms with Gasteiger partial charge in [-0.3, -0.25) is 13.9 Å². The number of sulfonamides is 1. The van der Waals surface area contributed by atoms with Gasteiger partial charge in [0.2, 0.25) is 21.8 Å². The van der Waals surface area contributed by atoms with Gasteiger partial charge >= 0.3 is 0 Å². The Morgan fingerprint density at radius 1 is 0.868 bits per heavy atom. The van der Waals surface area contributed by atoms with E-state index in [9.17, 15) is 18.0 Å². The molecule has 0 aliphatic rings. The molecule has 7 nitrogen and oxygen atoms in total. The summed E-state index contributed by atoms with van der Waals surface area (Å²) in [5.41, 5.74) is 4.98. The van der Waals surface area contributed by atoms with Crippen molar-refractivity contribution in [3.8, 4) is 0 Å². The van der Waals surface area contributed by atoms with Crippen molar-refractivity contribution in [1.82, 2.24) is 10.2 Å². The lowest BCUT2D eigenvalue weighted by molar-refractivity contribution is -0.140. The average molecular weight is 536 g/mol. The first-order valence-corrected chi connectivity index (χ1v) is 14.6. The number of aryl methyl sites for hydroxylation is 2. The van der Waals surface area contributed by atoms with E-state index in [0.29, 0.717) is 18.7 Å². The third-order valence-corrected chi connectivity index (χ3v) is 7.75. The highest BCUT2D eigenvalue weighted by atomic mass is 32.2. The minimum absolute atomic E-state index is 0.165. The molecule has 3 aromatic carbocycles. The van der Waals surface area contributed by atoms with Gasteiger partial charge in [0.1, 0.15) is 12.6 Å². The molecule has 3 aromatic rings. The van der Waals surface area contributed by atoms with Crippen LogP contribution >= 0.6 is 0 Å². The summed E-state index contributed by atoms with van der Waals surface area (Å²) in [6.45, 7) is 7.70. The van der Waals surface area contributed by atoms with Gasteiger partial charge in [-0.2, -0.15) is 0 Å². The molecule has 1 atom stereocenters. The average Bonchev–Trinajstić information content (AvgIpc) is 2.87. The molecule has 38 heavy (non-hydrogen) atoms. The number of carbonyl (C=O) groups excluding carboxylic acids is 2. The molecule has 0 saturated heterocycles. The van der Waals surface area contributed by atoms with E-state index in [-0.39, 0.29) is 12.5 Å². The molecule has 0 radical (unpaired) electrons. The molecule has 0 bridgehead atoms. The standard InChI is InChI=1S/C30H37N3O4S/c1-6-31-30(35)28(19-25-12-8-7-9-13-25)32(20-26-17-15-22(2)16-18-26)29(34)21-33(38(5,36)37)27-14-10-11-23(3)24(27)4/h7-18,28H,6,19-21H2,1-5H3,(H,31,35). The first-order valence-electron chi connectivity index (χ1n) is 12.7. The summed E-state index contributed by atoms with van der Waals surface area (Å²) in [5, 5.41) is 2.86. The summed E-state index contributed by atoms with van der Waals surface area (Å²) in [6.07, 6.45) is 1.39. The number of nitrogens with one attached hydrogen (secondary N) is 1. The van der Waals surface area contributed by atoms with E-state index in [4.69, 9.17) is 0 Å². The van der Waals surface area contributed by atoms with Crippen molar-refractivity contribution >= 4 is 27.5 Å². The molecule has 0 aromatic heterocycles. The van der Waals surface area contributed by atoms with Crippen LogP contribution in [0.25, 0.3) is 0 Å². The van der Waals surface area contributed by atoms with Crippen LogP contribution in [0.5, 0.6) is 0 Å². The number of likely N-dealkylation sites (N-methyl/N-ethyl adjacent to an activating group) is 1. The maximum atomic E-state index is 14.0. The molecule has 1 unspecified atom stereocenters. The van der Waals surface area contributed by atoms with Crippen molar-refractivity contribution in [3.63, 3.8) is 0 Å². The zero-order valence-corrected chi connectivity index (χ0v) is 23.6. The van der Waals surface area contributed by atoms with Gasteiger partial charge in [-0.25, -0.2) is 8.42 Å². The number of rotatable bonds is 11. The van der Waals surface area contributed by atoms with E-state index in [1.807, 2.05) is 88.4 Å². The smallest absolute Gasteiger partial charge is 0.244 e. The molecule has 0 saturated carbocycles. The lowest BCUT2D eigenvalue weighted by Gasteiger charge is -2.34. The van der Waals surface area contributed by atoms with Crippen LogP contribution in [0.4, 0.5) is 5.69 Å².